The Morgan fingerprint density at radius 1 is 1.71 bits per heavy atom. The molecule has 0 radical (unpaired) electrons. The van der Waals surface area contributed by atoms with Gasteiger partial charge >= 0.3 is 0 Å². The zero-order chi connectivity index (χ0) is 5.70. The Balaban J connectivity index is 3.16. The van der Waals surface area contributed by atoms with E-state index in [1.165, 1.54) is 0 Å². The first kappa shape index (κ1) is 6.70. The number of nitrogens with two attached hydrogens (primary N) is 1. The molecule has 1 atom stereocenters. The second-order valence-corrected chi connectivity index (χ2v) is 1.60. The molecule has 0 rings (SSSR count). The fraction of sp³-hybridized carbons (Fsp3) is 0.667. The van der Waals surface area contributed by atoms with Crippen LogP contribution in [0.1, 0.15) is 20.3 Å². The van der Waals surface area contributed by atoms with Gasteiger partial charge in [-0.2, -0.15) is 0 Å². The highest BCUT2D eigenvalue weighted by Crippen LogP contribution is 1.85. The van der Waals surface area contributed by atoms with Crippen LogP contribution in [-0.2, 0) is 0 Å². The number of hydrogen-bond donors (Lipinski definition) is 1. The van der Waals surface area contributed by atoms with Crippen molar-refractivity contribution in [2.45, 2.75) is 26.3 Å². The minimum Gasteiger partial charge on any atom is -0.324 e. The van der Waals surface area contributed by atoms with Crippen molar-refractivity contribution in [1.82, 2.24) is 0 Å². The Kier molecular flexibility index (Phi) is 3.71. The molecule has 0 bridgehead atoms. The highest BCUT2D eigenvalue weighted by Gasteiger charge is 1.85. The summed E-state index contributed by atoms with van der Waals surface area (Å²) in [6.07, 6.45) is 5.01. The minimum absolute atomic E-state index is 0.269. The van der Waals surface area contributed by atoms with E-state index in [0.717, 1.165) is 6.42 Å². The first-order valence-electron chi connectivity index (χ1n) is 2.69. The van der Waals surface area contributed by atoms with Gasteiger partial charge in [0, 0.05) is 6.04 Å². The fourth-order valence-corrected chi connectivity index (χ4v) is 0.383. The highest BCUT2D eigenvalue weighted by molar-refractivity contribution is 4.87. The van der Waals surface area contributed by atoms with Crippen LogP contribution < -0.4 is 5.73 Å². The van der Waals surface area contributed by atoms with Gasteiger partial charge in [-0.15, -0.1) is 0 Å². The molecule has 0 spiro atoms. The number of hydrogen-bond acceptors (Lipinski definition) is 1. The van der Waals surface area contributed by atoms with Gasteiger partial charge in [-0.25, -0.2) is 0 Å². The van der Waals surface area contributed by atoms with Crippen LogP contribution in [0.4, 0.5) is 0 Å². The summed E-state index contributed by atoms with van der Waals surface area (Å²) in [5, 5.41) is 0. The molecule has 0 amide bonds. The SMILES string of the molecule is C/C=C/[C@H](N)CC. The van der Waals surface area contributed by atoms with Crippen molar-refractivity contribution in [3.05, 3.63) is 12.2 Å². The molecular weight excluding hydrogens is 86.1 g/mol. The molecule has 7 heavy (non-hydrogen) atoms. The standard InChI is InChI=1S/C6H13N/c1-3-5-6(7)4-2/h3,5-6H,4,7H2,1-2H3/b5-3+/t6-/m1/s1. The fourth-order valence-electron chi connectivity index (χ4n) is 0.383. The molecule has 0 aromatic heterocycles. The predicted molar refractivity (Wildman–Crippen MR) is 33.1 cm³/mol. The first-order chi connectivity index (χ1) is 3.31. The smallest absolute Gasteiger partial charge is 0.0220 e. The van der Waals surface area contributed by atoms with Gasteiger partial charge in [-0.05, 0) is 13.3 Å². The summed E-state index contributed by atoms with van der Waals surface area (Å²) in [5.74, 6) is 0. The summed E-state index contributed by atoms with van der Waals surface area (Å²) in [5.41, 5.74) is 5.50. The van der Waals surface area contributed by atoms with Crippen molar-refractivity contribution >= 4 is 0 Å². The van der Waals surface area contributed by atoms with E-state index < -0.39 is 0 Å². The maximum absolute atomic E-state index is 5.50. The third-order valence-corrected chi connectivity index (χ3v) is 0.911. The second kappa shape index (κ2) is 3.88. The maximum atomic E-state index is 5.50. The third-order valence-electron chi connectivity index (χ3n) is 0.911. The molecule has 0 aliphatic carbocycles. The van der Waals surface area contributed by atoms with Crippen molar-refractivity contribution < 1.29 is 0 Å². The summed E-state index contributed by atoms with van der Waals surface area (Å²) < 4.78 is 0. The molecule has 42 valence electrons. The normalized spacial score (nSPS) is 15.3. The van der Waals surface area contributed by atoms with Gasteiger partial charge in [0.25, 0.3) is 0 Å². The van der Waals surface area contributed by atoms with Crippen LogP contribution in [0.2, 0.25) is 0 Å². The molecule has 0 fully saturated rings. The van der Waals surface area contributed by atoms with Crippen LogP contribution >= 0.6 is 0 Å². The van der Waals surface area contributed by atoms with E-state index in [0.29, 0.717) is 0 Å². The summed E-state index contributed by atoms with van der Waals surface area (Å²) in [7, 11) is 0. The van der Waals surface area contributed by atoms with E-state index in [-0.39, 0.29) is 6.04 Å². The van der Waals surface area contributed by atoms with Crippen LogP contribution in [0.5, 0.6) is 0 Å². The summed E-state index contributed by atoms with van der Waals surface area (Å²) in [6, 6.07) is 0.269. The molecule has 0 aromatic carbocycles. The van der Waals surface area contributed by atoms with Crippen molar-refractivity contribution in [2.75, 3.05) is 0 Å². The number of rotatable bonds is 2. The topological polar surface area (TPSA) is 26.0 Å². The second-order valence-electron chi connectivity index (χ2n) is 1.60. The van der Waals surface area contributed by atoms with E-state index in [9.17, 15) is 0 Å². The van der Waals surface area contributed by atoms with E-state index >= 15 is 0 Å². The minimum atomic E-state index is 0.269. The van der Waals surface area contributed by atoms with E-state index in [1.54, 1.807) is 0 Å². The molecule has 0 saturated heterocycles. The number of allylic oxidation sites excluding steroid dienone is 1. The van der Waals surface area contributed by atoms with Gasteiger partial charge < -0.3 is 5.73 Å². The predicted octanol–water partition coefficient (Wildman–Crippen LogP) is 1.30. The van der Waals surface area contributed by atoms with Crippen molar-refractivity contribution in [3.63, 3.8) is 0 Å². The molecule has 0 heterocycles. The highest BCUT2D eigenvalue weighted by atomic mass is 14.6. The lowest BCUT2D eigenvalue weighted by molar-refractivity contribution is 0.781. The Morgan fingerprint density at radius 2 is 2.29 bits per heavy atom. The summed E-state index contributed by atoms with van der Waals surface area (Å²) >= 11 is 0. The summed E-state index contributed by atoms with van der Waals surface area (Å²) in [4.78, 5) is 0. The molecule has 0 aliphatic heterocycles. The lowest BCUT2D eigenvalue weighted by Gasteiger charge is -1.96. The first-order valence-corrected chi connectivity index (χ1v) is 2.69. The van der Waals surface area contributed by atoms with Gasteiger partial charge in [0.1, 0.15) is 0 Å². The molecule has 1 heteroatoms. The Hall–Kier alpha value is -0.300. The summed E-state index contributed by atoms with van der Waals surface area (Å²) in [6.45, 7) is 4.06. The van der Waals surface area contributed by atoms with Gasteiger partial charge in [0.2, 0.25) is 0 Å². The van der Waals surface area contributed by atoms with Gasteiger partial charge in [-0.1, -0.05) is 19.1 Å². The molecule has 2 N–H and O–H groups in total. The van der Waals surface area contributed by atoms with Crippen LogP contribution in [0.15, 0.2) is 12.2 Å². The maximum Gasteiger partial charge on any atom is 0.0220 e. The van der Waals surface area contributed by atoms with E-state index in [2.05, 4.69) is 6.92 Å². The lowest BCUT2D eigenvalue weighted by Crippen LogP contribution is -2.14. The van der Waals surface area contributed by atoms with Crippen LogP contribution in [-0.4, -0.2) is 6.04 Å². The zero-order valence-electron chi connectivity index (χ0n) is 5.02. The van der Waals surface area contributed by atoms with Crippen LogP contribution in [0.25, 0.3) is 0 Å². The molecule has 0 saturated carbocycles. The molecular formula is C6H13N. The van der Waals surface area contributed by atoms with Crippen LogP contribution in [0.3, 0.4) is 0 Å². The zero-order valence-corrected chi connectivity index (χ0v) is 5.02. The Morgan fingerprint density at radius 3 is 2.43 bits per heavy atom. The molecule has 0 aromatic rings. The van der Waals surface area contributed by atoms with E-state index in [4.69, 9.17) is 5.73 Å². The lowest BCUT2D eigenvalue weighted by atomic mass is 10.2. The Bertz CT molecular complexity index is 57.2. The van der Waals surface area contributed by atoms with Crippen molar-refractivity contribution in [3.8, 4) is 0 Å². The average Bonchev–Trinajstić information content (AvgIpc) is 1.68. The van der Waals surface area contributed by atoms with Gasteiger partial charge in [0.15, 0.2) is 0 Å². The Labute approximate surface area is 45.2 Å². The van der Waals surface area contributed by atoms with Gasteiger partial charge in [0.05, 0.1) is 0 Å². The van der Waals surface area contributed by atoms with E-state index in [1.807, 2.05) is 19.1 Å². The average molecular weight is 99.2 g/mol. The monoisotopic (exact) mass is 99.1 g/mol. The quantitative estimate of drug-likeness (QED) is 0.519. The molecule has 0 unspecified atom stereocenters. The molecule has 0 aliphatic rings. The molecule has 1 nitrogen and oxygen atoms in total. The van der Waals surface area contributed by atoms with Crippen molar-refractivity contribution in [1.29, 1.82) is 0 Å². The van der Waals surface area contributed by atoms with Gasteiger partial charge in [-0.3, -0.25) is 0 Å². The largest absolute Gasteiger partial charge is 0.324 e. The van der Waals surface area contributed by atoms with Crippen molar-refractivity contribution in [2.24, 2.45) is 5.73 Å². The third kappa shape index (κ3) is 3.53. The van der Waals surface area contributed by atoms with Crippen LogP contribution in [0, 0.1) is 0 Å².